The maximum Gasteiger partial charge on any atom is 0.238 e. The smallest absolute Gasteiger partial charge is 0.238 e. The fraction of sp³-hybridized carbons (Fsp3) is 0.261. The minimum atomic E-state index is -4.01. The summed E-state index contributed by atoms with van der Waals surface area (Å²) in [5.41, 5.74) is 2.36. The number of rotatable bonds is 9. The van der Waals surface area contributed by atoms with Crippen LogP contribution in [0.5, 0.6) is 11.6 Å². The van der Waals surface area contributed by atoms with Gasteiger partial charge in [-0.25, -0.2) is 18.5 Å². The third kappa shape index (κ3) is 5.21. The van der Waals surface area contributed by atoms with E-state index in [0.29, 0.717) is 45.3 Å². The Morgan fingerprint density at radius 3 is 2.50 bits per heavy atom. The molecule has 9 heteroatoms. The van der Waals surface area contributed by atoms with Crippen molar-refractivity contribution in [2.24, 2.45) is 5.14 Å². The SMILES string of the molecule is CCCCOc1nc(-c2ccc(OC)c(Cl)c2)cc(-c2ccccc2S(N)(=O)=O)c1CO. The number of ether oxygens (including phenoxy) is 2. The molecule has 0 saturated heterocycles. The van der Waals surface area contributed by atoms with Crippen molar-refractivity contribution in [3.63, 3.8) is 0 Å². The molecule has 0 saturated carbocycles. The molecule has 1 heterocycles. The van der Waals surface area contributed by atoms with Crippen LogP contribution >= 0.6 is 11.6 Å². The minimum Gasteiger partial charge on any atom is -0.495 e. The average molecular weight is 477 g/mol. The van der Waals surface area contributed by atoms with Crippen LogP contribution in [0.15, 0.2) is 53.4 Å². The van der Waals surface area contributed by atoms with E-state index >= 15 is 0 Å². The number of pyridine rings is 1. The van der Waals surface area contributed by atoms with E-state index in [-0.39, 0.29) is 10.8 Å². The number of methoxy groups -OCH3 is 1. The van der Waals surface area contributed by atoms with Gasteiger partial charge in [-0.1, -0.05) is 43.1 Å². The molecule has 0 fully saturated rings. The number of benzene rings is 2. The first-order valence-corrected chi connectivity index (χ1v) is 12.0. The van der Waals surface area contributed by atoms with Gasteiger partial charge in [-0.15, -0.1) is 0 Å². The lowest BCUT2D eigenvalue weighted by atomic mass is 9.98. The van der Waals surface area contributed by atoms with Crippen molar-refractivity contribution in [2.45, 2.75) is 31.3 Å². The first-order valence-electron chi connectivity index (χ1n) is 10.0. The first-order chi connectivity index (χ1) is 15.3. The van der Waals surface area contributed by atoms with E-state index in [2.05, 4.69) is 4.98 Å². The van der Waals surface area contributed by atoms with Crippen LogP contribution in [-0.4, -0.2) is 32.2 Å². The van der Waals surface area contributed by atoms with Crippen LogP contribution in [0.2, 0.25) is 5.02 Å². The fourth-order valence-electron chi connectivity index (χ4n) is 3.28. The maximum absolute atomic E-state index is 12.2. The number of hydrogen-bond acceptors (Lipinski definition) is 6. The van der Waals surface area contributed by atoms with E-state index < -0.39 is 16.6 Å². The van der Waals surface area contributed by atoms with E-state index in [4.69, 9.17) is 26.2 Å². The molecule has 7 nitrogen and oxygen atoms in total. The molecule has 0 spiro atoms. The summed E-state index contributed by atoms with van der Waals surface area (Å²) in [6.07, 6.45) is 1.72. The van der Waals surface area contributed by atoms with Gasteiger partial charge in [0.05, 0.1) is 35.9 Å². The zero-order chi connectivity index (χ0) is 23.3. The Balaban J connectivity index is 2.28. The monoisotopic (exact) mass is 476 g/mol. The average Bonchev–Trinajstić information content (AvgIpc) is 2.78. The fourth-order valence-corrected chi connectivity index (χ4v) is 4.30. The molecule has 0 radical (unpaired) electrons. The standard InChI is InChI=1S/C23H25ClN2O5S/c1-3-4-11-31-23-18(14-27)17(16-7-5-6-8-22(16)32(25,28)29)13-20(26-23)15-9-10-21(30-2)19(24)12-15/h5-10,12-13,27H,3-4,11,14H2,1-2H3,(H2,25,28,29). The van der Waals surface area contributed by atoms with Gasteiger partial charge in [0.25, 0.3) is 0 Å². The van der Waals surface area contributed by atoms with Crippen molar-refractivity contribution in [1.29, 1.82) is 0 Å². The molecule has 0 atom stereocenters. The van der Waals surface area contributed by atoms with Crippen LogP contribution in [-0.2, 0) is 16.6 Å². The third-order valence-electron chi connectivity index (χ3n) is 4.91. The number of nitrogens with zero attached hydrogens (tertiary/aromatic N) is 1. The van der Waals surface area contributed by atoms with Gasteiger partial charge in [0.2, 0.25) is 15.9 Å². The van der Waals surface area contributed by atoms with Crippen molar-refractivity contribution in [2.75, 3.05) is 13.7 Å². The highest BCUT2D eigenvalue weighted by Crippen LogP contribution is 2.38. The van der Waals surface area contributed by atoms with Crippen LogP contribution in [0.4, 0.5) is 0 Å². The van der Waals surface area contributed by atoms with E-state index in [1.54, 1.807) is 42.5 Å². The summed E-state index contributed by atoms with van der Waals surface area (Å²) in [6.45, 7) is 2.04. The van der Waals surface area contributed by atoms with Crippen molar-refractivity contribution in [3.05, 3.63) is 59.1 Å². The number of aliphatic hydroxyl groups excluding tert-OH is 1. The summed E-state index contributed by atoms with van der Waals surface area (Å²) < 4.78 is 35.6. The summed E-state index contributed by atoms with van der Waals surface area (Å²) >= 11 is 6.30. The molecule has 0 aliphatic carbocycles. The minimum absolute atomic E-state index is 0.0564. The van der Waals surface area contributed by atoms with Crippen molar-refractivity contribution in [3.8, 4) is 34.0 Å². The van der Waals surface area contributed by atoms with E-state index in [1.165, 1.54) is 13.2 Å². The largest absolute Gasteiger partial charge is 0.495 e. The van der Waals surface area contributed by atoms with Gasteiger partial charge in [0.15, 0.2) is 0 Å². The highest BCUT2D eigenvalue weighted by atomic mass is 35.5. The molecule has 3 aromatic rings. The molecule has 0 aliphatic heterocycles. The molecule has 0 bridgehead atoms. The van der Waals surface area contributed by atoms with E-state index in [9.17, 15) is 13.5 Å². The number of primary sulfonamides is 1. The normalized spacial score (nSPS) is 11.4. The Bertz CT molecular complexity index is 1220. The number of aliphatic hydroxyl groups is 1. The second kappa shape index (κ2) is 10.3. The molecule has 0 aliphatic rings. The van der Waals surface area contributed by atoms with Gasteiger partial charge in [-0.3, -0.25) is 0 Å². The summed E-state index contributed by atoms with van der Waals surface area (Å²) in [7, 11) is -2.49. The van der Waals surface area contributed by atoms with Gasteiger partial charge in [-0.2, -0.15) is 0 Å². The summed E-state index contributed by atoms with van der Waals surface area (Å²) in [5.74, 6) is 0.742. The topological polar surface area (TPSA) is 112 Å². The molecule has 0 amide bonds. The Kier molecular flexibility index (Phi) is 7.73. The molecule has 1 aromatic heterocycles. The van der Waals surface area contributed by atoms with Gasteiger partial charge < -0.3 is 14.6 Å². The van der Waals surface area contributed by atoms with Crippen LogP contribution in [0.25, 0.3) is 22.4 Å². The van der Waals surface area contributed by atoms with E-state index in [0.717, 1.165) is 12.8 Å². The van der Waals surface area contributed by atoms with Crippen molar-refractivity contribution < 1.29 is 23.0 Å². The number of sulfonamides is 1. The van der Waals surface area contributed by atoms with Crippen molar-refractivity contribution >= 4 is 21.6 Å². The van der Waals surface area contributed by atoms with Gasteiger partial charge >= 0.3 is 0 Å². The highest BCUT2D eigenvalue weighted by Gasteiger charge is 2.22. The zero-order valence-electron chi connectivity index (χ0n) is 17.8. The Morgan fingerprint density at radius 2 is 1.88 bits per heavy atom. The molecular formula is C23H25ClN2O5S. The summed E-state index contributed by atoms with van der Waals surface area (Å²) in [5, 5.41) is 16.0. The Morgan fingerprint density at radius 1 is 1.12 bits per heavy atom. The van der Waals surface area contributed by atoms with Crippen LogP contribution < -0.4 is 14.6 Å². The summed E-state index contributed by atoms with van der Waals surface area (Å²) in [4.78, 5) is 4.54. The molecule has 170 valence electrons. The quantitative estimate of drug-likeness (QED) is 0.443. The number of halogens is 1. The van der Waals surface area contributed by atoms with Gasteiger partial charge in [0, 0.05) is 16.7 Å². The first kappa shape index (κ1) is 24.0. The molecule has 32 heavy (non-hydrogen) atoms. The molecule has 3 N–H and O–H groups in total. The number of hydrogen-bond donors (Lipinski definition) is 2. The lowest BCUT2D eigenvalue weighted by Gasteiger charge is -2.17. The molecule has 0 unspecified atom stereocenters. The molecule has 3 rings (SSSR count). The lowest BCUT2D eigenvalue weighted by Crippen LogP contribution is -2.14. The van der Waals surface area contributed by atoms with Crippen LogP contribution in [0.1, 0.15) is 25.3 Å². The number of aromatic nitrogens is 1. The second-order valence-corrected chi connectivity index (χ2v) is 9.03. The van der Waals surface area contributed by atoms with Gasteiger partial charge in [-0.05, 0) is 42.3 Å². The van der Waals surface area contributed by atoms with Crippen LogP contribution in [0.3, 0.4) is 0 Å². The van der Waals surface area contributed by atoms with Gasteiger partial charge in [0.1, 0.15) is 5.75 Å². The van der Waals surface area contributed by atoms with Crippen molar-refractivity contribution in [1.82, 2.24) is 4.98 Å². The second-order valence-electron chi connectivity index (χ2n) is 7.09. The van der Waals surface area contributed by atoms with E-state index in [1.807, 2.05) is 6.92 Å². The maximum atomic E-state index is 12.2. The lowest BCUT2D eigenvalue weighted by molar-refractivity contribution is 0.256. The Labute approximate surface area is 192 Å². The number of nitrogens with two attached hydrogens (primary N) is 1. The predicted octanol–water partition coefficient (Wildman–Crippen LogP) is 4.40. The molecular weight excluding hydrogens is 452 g/mol. The highest BCUT2D eigenvalue weighted by molar-refractivity contribution is 7.89. The number of unbranched alkanes of at least 4 members (excludes halogenated alkanes) is 1. The zero-order valence-corrected chi connectivity index (χ0v) is 19.4. The third-order valence-corrected chi connectivity index (χ3v) is 6.18. The Hall–Kier alpha value is -2.65. The van der Waals surface area contributed by atoms with Crippen LogP contribution in [0, 0.1) is 0 Å². The predicted molar refractivity (Wildman–Crippen MR) is 124 cm³/mol. The summed E-state index contributed by atoms with van der Waals surface area (Å²) in [6, 6.07) is 13.3. The molecule has 2 aromatic carbocycles.